The summed E-state index contributed by atoms with van der Waals surface area (Å²) in [5.41, 5.74) is 0. The van der Waals surface area contributed by atoms with Gasteiger partial charge in [0.1, 0.15) is 0 Å². The predicted octanol–water partition coefficient (Wildman–Crippen LogP) is 1.37. The van der Waals surface area contributed by atoms with E-state index >= 15 is 0 Å². The molecule has 0 spiro atoms. The van der Waals surface area contributed by atoms with E-state index in [1.54, 1.807) is 0 Å². The minimum atomic E-state index is 0. The zero-order chi connectivity index (χ0) is 10.4. The topological polar surface area (TPSA) is 32.3 Å². The van der Waals surface area contributed by atoms with Crippen molar-refractivity contribution < 1.29 is 4.79 Å². The van der Waals surface area contributed by atoms with Gasteiger partial charge < -0.3 is 10.2 Å². The number of hydrogen-bond acceptors (Lipinski definition) is 3. The van der Waals surface area contributed by atoms with E-state index in [-0.39, 0.29) is 18.3 Å². The van der Waals surface area contributed by atoms with Gasteiger partial charge in [-0.3, -0.25) is 4.79 Å². The Kier molecular flexibility index (Phi) is 8.29. The summed E-state index contributed by atoms with van der Waals surface area (Å²) in [6, 6.07) is 0.391. The van der Waals surface area contributed by atoms with Crippen LogP contribution in [0.25, 0.3) is 0 Å². The maximum atomic E-state index is 11.8. The van der Waals surface area contributed by atoms with Gasteiger partial charge in [-0.1, -0.05) is 0 Å². The fourth-order valence-corrected chi connectivity index (χ4v) is 2.62. The molecule has 0 aromatic heterocycles. The van der Waals surface area contributed by atoms with E-state index in [1.165, 1.54) is 5.75 Å². The van der Waals surface area contributed by atoms with Gasteiger partial charge in [-0.15, -0.1) is 12.4 Å². The summed E-state index contributed by atoms with van der Waals surface area (Å²) in [7, 11) is 0. The molecule has 1 aliphatic rings. The van der Waals surface area contributed by atoms with Crippen LogP contribution in [0, 0.1) is 0 Å². The highest BCUT2D eigenvalue weighted by Crippen LogP contribution is 2.11. The van der Waals surface area contributed by atoms with Crippen molar-refractivity contribution in [3.63, 3.8) is 0 Å². The van der Waals surface area contributed by atoms with Crippen LogP contribution in [-0.4, -0.2) is 48.0 Å². The highest BCUT2D eigenvalue weighted by molar-refractivity contribution is 7.99. The Bertz CT molecular complexity index is 182. The first-order chi connectivity index (χ1) is 6.77. The summed E-state index contributed by atoms with van der Waals surface area (Å²) >= 11 is 1.94. The van der Waals surface area contributed by atoms with Crippen molar-refractivity contribution >= 4 is 30.1 Å². The van der Waals surface area contributed by atoms with Crippen LogP contribution in [0.5, 0.6) is 0 Å². The minimum absolute atomic E-state index is 0. The first kappa shape index (κ1) is 15.1. The fourth-order valence-electron chi connectivity index (χ4n) is 1.67. The second kappa shape index (κ2) is 8.25. The minimum Gasteiger partial charge on any atom is -0.343 e. The Hall–Kier alpha value is 0.0700. The van der Waals surface area contributed by atoms with Crippen LogP contribution in [0.3, 0.4) is 0 Å². The van der Waals surface area contributed by atoms with Crippen molar-refractivity contribution in [3.05, 3.63) is 0 Å². The number of nitrogens with one attached hydrogen (secondary N) is 1. The zero-order valence-electron chi connectivity index (χ0n) is 9.49. The third-order valence-corrected chi connectivity index (χ3v) is 3.67. The van der Waals surface area contributed by atoms with E-state index in [0.717, 1.165) is 25.4 Å². The first-order valence-corrected chi connectivity index (χ1v) is 6.52. The first-order valence-electron chi connectivity index (χ1n) is 5.36. The summed E-state index contributed by atoms with van der Waals surface area (Å²) < 4.78 is 0. The van der Waals surface area contributed by atoms with Gasteiger partial charge >= 0.3 is 0 Å². The number of amides is 1. The van der Waals surface area contributed by atoms with Gasteiger partial charge in [0.05, 0.1) is 0 Å². The number of halogens is 1. The van der Waals surface area contributed by atoms with Crippen molar-refractivity contribution in [2.45, 2.75) is 26.3 Å². The molecule has 1 atom stereocenters. The number of carbonyl (C=O) groups is 1. The van der Waals surface area contributed by atoms with E-state index < -0.39 is 0 Å². The monoisotopic (exact) mass is 252 g/mol. The molecule has 1 aliphatic heterocycles. The maximum absolute atomic E-state index is 11.8. The lowest BCUT2D eigenvalue weighted by atomic mass is 10.2. The Balaban J connectivity index is 0.00000196. The number of nitrogens with zero attached hydrogens (tertiary/aromatic N) is 1. The number of carbonyl (C=O) groups excluding carboxylic acids is 1. The molecule has 0 radical (unpaired) electrons. The third-order valence-electron chi connectivity index (χ3n) is 2.54. The van der Waals surface area contributed by atoms with Crippen molar-refractivity contribution in [3.8, 4) is 0 Å². The summed E-state index contributed by atoms with van der Waals surface area (Å²) in [4.78, 5) is 13.7. The molecule has 0 saturated carbocycles. The van der Waals surface area contributed by atoms with Gasteiger partial charge in [-0.25, -0.2) is 0 Å². The van der Waals surface area contributed by atoms with Crippen molar-refractivity contribution in [2.24, 2.45) is 0 Å². The lowest BCUT2D eigenvalue weighted by Gasteiger charge is -2.26. The quantitative estimate of drug-likeness (QED) is 0.821. The van der Waals surface area contributed by atoms with Crippen molar-refractivity contribution in [1.29, 1.82) is 0 Å². The Morgan fingerprint density at radius 1 is 1.47 bits per heavy atom. The average Bonchev–Trinajstić information content (AvgIpc) is 2.21. The Labute approximate surface area is 103 Å². The molecule has 1 rings (SSSR count). The number of hydrogen-bond donors (Lipinski definition) is 1. The van der Waals surface area contributed by atoms with Crippen molar-refractivity contribution in [2.75, 3.05) is 31.1 Å². The van der Waals surface area contributed by atoms with Gasteiger partial charge in [-0.2, -0.15) is 11.8 Å². The highest BCUT2D eigenvalue weighted by Gasteiger charge is 2.18. The molecule has 0 aromatic rings. The molecule has 5 heteroatoms. The SMILES string of the molecule is CCN(CC)C(=O)CC1CSCCN1.Cl. The number of thioether (sulfide) groups is 1. The summed E-state index contributed by atoms with van der Waals surface area (Å²) in [6.07, 6.45) is 0.661. The fraction of sp³-hybridized carbons (Fsp3) is 0.900. The molecule has 1 amide bonds. The average molecular weight is 253 g/mol. The van der Waals surface area contributed by atoms with Gasteiger partial charge in [0, 0.05) is 43.6 Å². The van der Waals surface area contributed by atoms with Crippen LogP contribution < -0.4 is 5.32 Å². The molecule has 0 aromatic carbocycles. The molecule has 0 aliphatic carbocycles. The molecule has 3 nitrogen and oxygen atoms in total. The largest absolute Gasteiger partial charge is 0.343 e. The highest BCUT2D eigenvalue weighted by atomic mass is 35.5. The van der Waals surface area contributed by atoms with Gasteiger partial charge in [0.15, 0.2) is 0 Å². The van der Waals surface area contributed by atoms with Crippen LogP contribution in [0.1, 0.15) is 20.3 Å². The van der Waals surface area contributed by atoms with Gasteiger partial charge in [-0.05, 0) is 13.8 Å². The predicted molar refractivity (Wildman–Crippen MR) is 68.9 cm³/mol. The van der Waals surface area contributed by atoms with Crippen LogP contribution in [0.15, 0.2) is 0 Å². The molecule has 0 bridgehead atoms. The number of rotatable bonds is 4. The van der Waals surface area contributed by atoms with Crippen LogP contribution in [-0.2, 0) is 4.79 Å². The van der Waals surface area contributed by atoms with Gasteiger partial charge in [0.25, 0.3) is 0 Å². The molecule has 1 saturated heterocycles. The second-order valence-electron chi connectivity index (χ2n) is 3.50. The standard InChI is InChI=1S/C10H20N2OS.ClH/c1-3-12(4-2)10(13)7-9-8-14-6-5-11-9;/h9,11H,3-8H2,1-2H3;1H. The molecule has 1 heterocycles. The van der Waals surface area contributed by atoms with E-state index in [1.807, 2.05) is 30.5 Å². The van der Waals surface area contributed by atoms with Gasteiger partial charge in [0.2, 0.25) is 5.91 Å². The summed E-state index contributed by atoms with van der Waals surface area (Å²) in [5, 5.41) is 3.38. The molecule has 1 N–H and O–H groups in total. The molecule has 1 unspecified atom stereocenters. The van der Waals surface area contributed by atoms with Crippen LogP contribution in [0.2, 0.25) is 0 Å². The Morgan fingerprint density at radius 3 is 2.60 bits per heavy atom. The van der Waals surface area contributed by atoms with E-state index in [0.29, 0.717) is 12.5 Å². The van der Waals surface area contributed by atoms with Crippen molar-refractivity contribution in [1.82, 2.24) is 10.2 Å². The summed E-state index contributed by atoms with van der Waals surface area (Å²) in [5.74, 6) is 2.54. The van der Waals surface area contributed by atoms with E-state index in [9.17, 15) is 4.79 Å². The third kappa shape index (κ3) is 5.09. The molecular weight excluding hydrogens is 232 g/mol. The summed E-state index contributed by atoms with van der Waals surface area (Å²) in [6.45, 7) is 6.76. The normalized spacial score (nSPS) is 20.5. The lowest BCUT2D eigenvalue weighted by Crippen LogP contribution is -2.42. The molecular formula is C10H21ClN2OS. The second-order valence-corrected chi connectivity index (χ2v) is 4.65. The molecule has 90 valence electrons. The van der Waals surface area contributed by atoms with E-state index in [4.69, 9.17) is 0 Å². The molecule has 1 fully saturated rings. The Morgan fingerprint density at radius 2 is 2.13 bits per heavy atom. The molecule has 15 heavy (non-hydrogen) atoms. The lowest BCUT2D eigenvalue weighted by molar-refractivity contribution is -0.131. The smallest absolute Gasteiger partial charge is 0.224 e. The zero-order valence-corrected chi connectivity index (χ0v) is 11.1. The van der Waals surface area contributed by atoms with Crippen LogP contribution in [0.4, 0.5) is 0 Å². The van der Waals surface area contributed by atoms with E-state index in [2.05, 4.69) is 5.32 Å². The van der Waals surface area contributed by atoms with Crippen LogP contribution >= 0.6 is 24.2 Å². The maximum Gasteiger partial charge on any atom is 0.224 e.